The average molecular weight is 513 g/mol. The molecule has 2 aromatic carbocycles. The van der Waals surface area contributed by atoms with Crippen molar-refractivity contribution in [2.75, 3.05) is 0 Å². The second kappa shape index (κ2) is 12.7. The van der Waals surface area contributed by atoms with Crippen molar-refractivity contribution < 1.29 is 61.5 Å². The van der Waals surface area contributed by atoms with Crippen LogP contribution in [-0.2, 0) is 40.8 Å². The van der Waals surface area contributed by atoms with Gasteiger partial charge in [-0.2, -0.15) is 0 Å². The minimum atomic E-state index is 0. The maximum Gasteiger partial charge on any atom is 0.0319 e. The van der Waals surface area contributed by atoms with Gasteiger partial charge in [-0.15, -0.1) is 70.0 Å². The van der Waals surface area contributed by atoms with E-state index in [1.165, 1.54) is 24.3 Å². The summed E-state index contributed by atoms with van der Waals surface area (Å²) in [5, 5.41) is 40.5. The Labute approximate surface area is 167 Å². The zero-order valence-corrected chi connectivity index (χ0v) is 15.9. The molecule has 136 valence electrons. The summed E-state index contributed by atoms with van der Waals surface area (Å²) < 4.78 is 0. The second-order valence-corrected chi connectivity index (χ2v) is 4.29. The van der Waals surface area contributed by atoms with Crippen LogP contribution in [0.1, 0.15) is 25.0 Å². The Morgan fingerprint density at radius 1 is 0.750 bits per heavy atom. The molecule has 0 spiro atoms. The third-order valence-electron chi connectivity index (χ3n) is 2.67. The Balaban J connectivity index is 0. The minimum Gasteiger partial charge on any atom is -0.551 e. The summed E-state index contributed by atoms with van der Waals surface area (Å²) in [5.74, 6) is 0.305. The summed E-state index contributed by atoms with van der Waals surface area (Å²) in [7, 11) is 0. The Hall–Kier alpha value is -1.70. The monoisotopic (exact) mass is 512 g/mol. The van der Waals surface area contributed by atoms with Crippen molar-refractivity contribution in [3.8, 4) is 11.5 Å². The first-order chi connectivity index (χ1) is 10.5. The first kappa shape index (κ1) is 24.6. The zero-order valence-electron chi connectivity index (χ0n) is 12.8. The number of aromatic hydroxyl groups is 2. The van der Waals surface area contributed by atoms with E-state index < -0.39 is 0 Å². The Bertz CT molecular complexity index is 597. The van der Waals surface area contributed by atoms with E-state index in [4.69, 9.17) is 20.6 Å². The SMILES string of the molecule is C/C(=N\O)c1[c-]cc(O)cc1.C/C(=N\O)c1[c-]cc(O)cc1.[Pd].[Pd]. The van der Waals surface area contributed by atoms with E-state index in [-0.39, 0.29) is 52.3 Å². The standard InChI is InChI=1S/2C8H8NO2.2Pd/c2*1-6(9-11)7-2-4-8(10)5-3-7;;/h2*2,4-5,10-11H,1H3;;/q2*-1;;/b2*9-6+;;. The smallest absolute Gasteiger partial charge is 0.0319 e. The molecule has 0 amide bonds. The molecule has 0 unspecified atom stereocenters. The number of phenolic OH excluding ortho intramolecular Hbond substituents is 2. The quantitative estimate of drug-likeness (QED) is 0.163. The van der Waals surface area contributed by atoms with Gasteiger partial charge in [0.25, 0.3) is 0 Å². The van der Waals surface area contributed by atoms with E-state index in [1.54, 1.807) is 26.0 Å². The van der Waals surface area contributed by atoms with Gasteiger partial charge in [-0.3, -0.25) is 0 Å². The van der Waals surface area contributed by atoms with Crippen LogP contribution >= 0.6 is 0 Å². The van der Waals surface area contributed by atoms with Crippen molar-refractivity contribution in [2.45, 2.75) is 13.8 Å². The van der Waals surface area contributed by atoms with Crippen LogP contribution in [0.2, 0.25) is 0 Å². The molecule has 24 heavy (non-hydrogen) atoms. The summed E-state index contributed by atoms with van der Waals surface area (Å²) in [6, 6.07) is 14.6. The third-order valence-corrected chi connectivity index (χ3v) is 2.67. The van der Waals surface area contributed by atoms with Crippen molar-refractivity contribution in [1.29, 1.82) is 0 Å². The molecule has 0 fully saturated rings. The summed E-state index contributed by atoms with van der Waals surface area (Å²) in [4.78, 5) is 0. The molecular weight excluding hydrogens is 497 g/mol. The van der Waals surface area contributed by atoms with Gasteiger partial charge in [0.1, 0.15) is 0 Å². The zero-order chi connectivity index (χ0) is 16.5. The molecule has 2 aromatic rings. The van der Waals surface area contributed by atoms with Crippen LogP contribution in [-0.4, -0.2) is 32.1 Å². The van der Waals surface area contributed by atoms with Crippen molar-refractivity contribution >= 4 is 11.4 Å². The molecule has 0 aliphatic heterocycles. The molecule has 0 atom stereocenters. The van der Waals surface area contributed by atoms with E-state index >= 15 is 0 Å². The van der Waals surface area contributed by atoms with Gasteiger partial charge in [-0.25, -0.2) is 0 Å². The number of oxime groups is 2. The third kappa shape index (κ3) is 8.24. The van der Waals surface area contributed by atoms with Crippen LogP contribution < -0.4 is 0 Å². The van der Waals surface area contributed by atoms with Crippen LogP contribution in [0.4, 0.5) is 0 Å². The molecule has 2 rings (SSSR count). The summed E-state index contributed by atoms with van der Waals surface area (Å²) in [6.45, 7) is 3.31. The molecule has 0 radical (unpaired) electrons. The Morgan fingerprint density at radius 2 is 1.08 bits per heavy atom. The fourth-order valence-corrected chi connectivity index (χ4v) is 1.39. The maximum atomic E-state index is 8.88. The molecule has 0 heterocycles. The summed E-state index contributed by atoms with van der Waals surface area (Å²) in [6.07, 6.45) is 0. The van der Waals surface area contributed by atoms with Gasteiger partial charge in [0.15, 0.2) is 0 Å². The number of benzene rings is 2. The van der Waals surface area contributed by atoms with Gasteiger partial charge in [-0.05, 0) is 0 Å². The number of hydrogen-bond acceptors (Lipinski definition) is 6. The second-order valence-electron chi connectivity index (χ2n) is 4.29. The first-order valence-corrected chi connectivity index (χ1v) is 6.27. The number of nitrogens with zero attached hydrogens (tertiary/aromatic N) is 2. The van der Waals surface area contributed by atoms with Crippen LogP contribution in [0, 0.1) is 12.1 Å². The van der Waals surface area contributed by atoms with Gasteiger partial charge < -0.3 is 20.6 Å². The van der Waals surface area contributed by atoms with Crippen molar-refractivity contribution in [1.82, 2.24) is 0 Å². The molecule has 8 heteroatoms. The maximum absolute atomic E-state index is 8.88. The molecule has 0 aliphatic carbocycles. The first-order valence-electron chi connectivity index (χ1n) is 6.27. The van der Waals surface area contributed by atoms with E-state index in [0.29, 0.717) is 22.6 Å². The molecular formula is C16H16N2O4Pd2-2. The van der Waals surface area contributed by atoms with Crippen LogP contribution in [0.25, 0.3) is 0 Å². The molecule has 4 N–H and O–H groups in total. The minimum absolute atomic E-state index is 0. The van der Waals surface area contributed by atoms with Crippen molar-refractivity contribution in [3.05, 3.63) is 59.7 Å². The molecule has 0 aliphatic rings. The largest absolute Gasteiger partial charge is 0.551 e. The van der Waals surface area contributed by atoms with Crippen molar-refractivity contribution in [2.24, 2.45) is 10.3 Å². The Morgan fingerprint density at radius 3 is 1.29 bits per heavy atom. The fourth-order valence-electron chi connectivity index (χ4n) is 1.39. The molecule has 0 bridgehead atoms. The predicted octanol–water partition coefficient (Wildman–Crippen LogP) is 2.78. The predicted molar refractivity (Wildman–Crippen MR) is 81.9 cm³/mol. The number of hydrogen-bond donors (Lipinski definition) is 4. The fraction of sp³-hybridized carbons (Fsp3) is 0.125. The van der Waals surface area contributed by atoms with Crippen LogP contribution in [0.5, 0.6) is 11.5 Å². The normalized spacial score (nSPS) is 10.6. The van der Waals surface area contributed by atoms with Gasteiger partial charge in [0, 0.05) is 63.8 Å². The van der Waals surface area contributed by atoms with E-state index in [1.807, 2.05) is 0 Å². The van der Waals surface area contributed by atoms with Crippen LogP contribution in [0.15, 0.2) is 46.7 Å². The van der Waals surface area contributed by atoms with E-state index in [0.717, 1.165) is 0 Å². The number of phenols is 2. The van der Waals surface area contributed by atoms with Gasteiger partial charge >= 0.3 is 0 Å². The average Bonchev–Trinajstić information content (AvgIpc) is 2.55. The Kier molecular flexibility index (Phi) is 13.0. The van der Waals surface area contributed by atoms with Crippen molar-refractivity contribution in [3.63, 3.8) is 0 Å². The van der Waals surface area contributed by atoms with E-state index in [9.17, 15) is 0 Å². The molecule has 0 aromatic heterocycles. The summed E-state index contributed by atoms with van der Waals surface area (Å²) in [5.41, 5.74) is 2.30. The van der Waals surface area contributed by atoms with E-state index in [2.05, 4.69) is 22.4 Å². The molecule has 0 saturated carbocycles. The number of rotatable bonds is 2. The van der Waals surface area contributed by atoms with Gasteiger partial charge in [0.05, 0.1) is 0 Å². The molecule has 0 saturated heterocycles. The van der Waals surface area contributed by atoms with Gasteiger partial charge in [0.2, 0.25) is 0 Å². The summed E-state index contributed by atoms with van der Waals surface area (Å²) >= 11 is 0. The van der Waals surface area contributed by atoms with Gasteiger partial charge in [-0.1, -0.05) is 13.8 Å². The topological polar surface area (TPSA) is 106 Å². The molecule has 6 nitrogen and oxygen atoms in total. The van der Waals surface area contributed by atoms with Crippen LogP contribution in [0.3, 0.4) is 0 Å².